The minimum absolute atomic E-state index is 0.179. The maximum Gasteiger partial charge on any atom is 0.315 e. The normalized spacial score (nSPS) is 9.95. The van der Waals surface area contributed by atoms with E-state index in [9.17, 15) is 4.79 Å². The third-order valence-electron chi connectivity index (χ3n) is 3.00. The van der Waals surface area contributed by atoms with Gasteiger partial charge in [0, 0.05) is 25.4 Å². The molecular formula is C16H19N3O2. The molecule has 5 nitrogen and oxygen atoms in total. The number of carbonyl (C=O) groups is 1. The van der Waals surface area contributed by atoms with Gasteiger partial charge in [-0.25, -0.2) is 9.78 Å². The predicted molar refractivity (Wildman–Crippen MR) is 81.2 cm³/mol. The summed E-state index contributed by atoms with van der Waals surface area (Å²) in [6.07, 6.45) is 2.47. The lowest BCUT2D eigenvalue weighted by Gasteiger charge is -2.08. The van der Waals surface area contributed by atoms with Crippen molar-refractivity contribution in [3.63, 3.8) is 0 Å². The molecule has 0 bridgehead atoms. The summed E-state index contributed by atoms with van der Waals surface area (Å²) in [6, 6.07) is 13.5. The molecule has 0 fully saturated rings. The van der Waals surface area contributed by atoms with Crippen LogP contribution in [0, 0.1) is 0 Å². The minimum Gasteiger partial charge on any atom is -0.481 e. The molecule has 5 heteroatoms. The number of rotatable bonds is 6. The molecule has 110 valence electrons. The molecule has 1 heterocycles. The van der Waals surface area contributed by atoms with Crippen LogP contribution in [-0.2, 0) is 13.0 Å². The van der Waals surface area contributed by atoms with E-state index in [2.05, 4.69) is 15.6 Å². The number of urea groups is 1. The van der Waals surface area contributed by atoms with E-state index >= 15 is 0 Å². The van der Waals surface area contributed by atoms with Gasteiger partial charge in [-0.05, 0) is 23.6 Å². The van der Waals surface area contributed by atoms with E-state index in [4.69, 9.17) is 4.74 Å². The highest BCUT2D eigenvalue weighted by Gasteiger charge is 2.01. The van der Waals surface area contributed by atoms with E-state index in [1.807, 2.05) is 36.4 Å². The van der Waals surface area contributed by atoms with Gasteiger partial charge in [0.1, 0.15) is 0 Å². The van der Waals surface area contributed by atoms with Gasteiger partial charge in [0.05, 0.1) is 7.11 Å². The number of nitrogens with one attached hydrogen (secondary N) is 2. The first-order valence-electron chi connectivity index (χ1n) is 6.82. The van der Waals surface area contributed by atoms with Crippen molar-refractivity contribution in [2.75, 3.05) is 13.7 Å². The first-order valence-corrected chi connectivity index (χ1v) is 6.82. The zero-order valence-corrected chi connectivity index (χ0v) is 12.0. The van der Waals surface area contributed by atoms with Gasteiger partial charge in [0.15, 0.2) is 0 Å². The van der Waals surface area contributed by atoms with Crippen molar-refractivity contribution in [3.05, 3.63) is 59.8 Å². The number of benzene rings is 1. The van der Waals surface area contributed by atoms with Crippen molar-refractivity contribution >= 4 is 6.03 Å². The fourth-order valence-electron chi connectivity index (χ4n) is 1.88. The first-order chi connectivity index (χ1) is 10.3. The van der Waals surface area contributed by atoms with Gasteiger partial charge in [0.2, 0.25) is 5.88 Å². The molecule has 2 rings (SSSR count). The topological polar surface area (TPSA) is 63.2 Å². The molecule has 0 aliphatic carbocycles. The zero-order valence-electron chi connectivity index (χ0n) is 12.0. The molecule has 2 aromatic rings. The van der Waals surface area contributed by atoms with E-state index in [0.717, 1.165) is 12.0 Å². The van der Waals surface area contributed by atoms with Crippen LogP contribution in [0.1, 0.15) is 11.1 Å². The van der Waals surface area contributed by atoms with Crippen LogP contribution in [-0.4, -0.2) is 24.7 Å². The summed E-state index contributed by atoms with van der Waals surface area (Å²) in [5.41, 5.74) is 2.15. The number of carbonyl (C=O) groups excluding carboxylic acids is 1. The summed E-state index contributed by atoms with van der Waals surface area (Å²) >= 11 is 0. The van der Waals surface area contributed by atoms with Crippen LogP contribution >= 0.6 is 0 Å². The Hall–Kier alpha value is -2.56. The molecule has 2 N–H and O–H groups in total. The lowest BCUT2D eigenvalue weighted by molar-refractivity contribution is 0.240. The Morgan fingerprint density at radius 2 is 1.95 bits per heavy atom. The molecule has 0 saturated heterocycles. The number of amides is 2. The van der Waals surface area contributed by atoms with Gasteiger partial charge in [-0.1, -0.05) is 30.3 Å². The van der Waals surface area contributed by atoms with Crippen molar-refractivity contribution in [1.29, 1.82) is 0 Å². The Bertz CT molecular complexity index is 573. The highest BCUT2D eigenvalue weighted by Crippen LogP contribution is 2.07. The molecule has 0 unspecified atom stereocenters. The lowest BCUT2D eigenvalue weighted by atomic mass is 10.1. The van der Waals surface area contributed by atoms with E-state index < -0.39 is 0 Å². The monoisotopic (exact) mass is 285 g/mol. The van der Waals surface area contributed by atoms with Crippen LogP contribution in [0.15, 0.2) is 48.7 Å². The van der Waals surface area contributed by atoms with E-state index in [1.165, 1.54) is 5.56 Å². The Morgan fingerprint density at radius 1 is 1.14 bits per heavy atom. The number of nitrogens with zero attached hydrogens (tertiary/aromatic N) is 1. The van der Waals surface area contributed by atoms with E-state index in [-0.39, 0.29) is 6.03 Å². The molecule has 0 atom stereocenters. The quantitative estimate of drug-likeness (QED) is 0.854. The van der Waals surface area contributed by atoms with Gasteiger partial charge in [-0.15, -0.1) is 0 Å². The third kappa shape index (κ3) is 5.14. The standard InChI is InChI=1S/C16H19N3O2/c1-21-15-11-14(8-9-17-15)12-19-16(20)18-10-7-13-5-3-2-4-6-13/h2-6,8-9,11H,7,10,12H2,1H3,(H2,18,19,20). The summed E-state index contributed by atoms with van der Waals surface area (Å²) in [6.45, 7) is 1.05. The van der Waals surface area contributed by atoms with Crippen LogP contribution in [0.3, 0.4) is 0 Å². The predicted octanol–water partition coefficient (Wildman–Crippen LogP) is 2.13. The Kier molecular flexibility index (Phi) is 5.58. The average Bonchev–Trinajstić information content (AvgIpc) is 2.54. The SMILES string of the molecule is COc1cc(CNC(=O)NCCc2ccccc2)ccn1. The molecule has 0 aliphatic heterocycles. The highest BCUT2D eigenvalue weighted by atomic mass is 16.5. The van der Waals surface area contributed by atoms with Crippen LogP contribution in [0.4, 0.5) is 4.79 Å². The van der Waals surface area contributed by atoms with Crippen LogP contribution in [0.2, 0.25) is 0 Å². The molecule has 0 spiro atoms. The summed E-state index contributed by atoms with van der Waals surface area (Å²) < 4.78 is 5.04. The molecule has 0 aliphatic rings. The van der Waals surface area contributed by atoms with Gasteiger partial charge in [-0.3, -0.25) is 0 Å². The van der Waals surface area contributed by atoms with E-state index in [1.54, 1.807) is 19.4 Å². The second-order valence-corrected chi connectivity index (χ2v) is 4.55. The summed E-state index contributed by atoms with van der Waals surface area (Å²) in [5.74, 6) is 0.541. The second-order valence-electron chi connectivity index (χ2n) is 4.55. The highest BCUT2D eigenvalue weighted by molar-refractivity contribution is 5.73. The molecule has 21 heavy (non-hydrogen) atoms. The number of aromatic nitrogens is 1. The fraction of sp³-hybridized carbons (Fsp3) is 0.250. The number of pyridine rings is 1. The van der Waals surface area contributed by atoms with Crippen LogP contribution in [0.25, 0.3) is 0 Å². The summed E-state index contributed by atoms with van der Waals surface area (Å²) in [5, 5.41) is 5.64. The van der Waals surface area contributed by atoms with Crippen molar-refractivity contribution in [3.8, 4) is 5.88 Å². The molecule has 1 aromatic heterocycles. The van der Waals surface area contributed by atoms with Crippen molar-refractivity contribution < 1.29 is 9.53 Å². The first kappa shape index (κ1) is 14.8. The van der Waals surface area contributed by atoms with Gasteiger partial charge in [0.25, 0.3) is 0 Å². The van der Waals surface area contributed by atoms with Crippen LogP contribution < -0.4 is 15.4 Å². The van der Waals surface area contributed by atoms with Crippen LogP contribution in [0.5, 0.6) is 5.88 Å². The second kappa shape index (κ2) is 7.89. The largest absolute Gasteiger partial charge is 0.481 e. The summed E-state index contributed by atoms with van der Waals surface area (Å²) in [7, 11) is 1.57. The van der Waals surface area contributed by atoms with Gasteiger partial charge < -0.3 is 15.4 Å². The number of hydrogen-bond acceptors (Lipinski definition) is 3. The molecule has 1 aromatic carbocycles. The van der Waals surface area contributed by atoms with Crippen molar-refractivity contribution in [2.24, 2.45) is 0 Å². The number of hydrogen-bond donors (Lipinski definition) is 2. The third-order valence-corrected chi connectivity index (χ3v) is 3.00. The van der Waals surface area contributed by atoms with Gasteiger partial charge in [-0.2, -0.15) is 0 Å². The van der Waals surface area contributed by atoms with Crippen molar-refractivity contribution in [2.45, 2.75) is 13.0 Å². The zero-order chi connectivity index (χ0) is 14.9. The van der Waals surface area contributed by atoms with Gasteiger partial charge >= 0.3 is 6.03 Å². The molecule has 2 amide bonds. The maximum absolute atomic E-state index is 11.7. The number of ether oxygens (including phenoxy) is 1. The smallest absolute Gasteiger partial charge is 0.315 e. The lowest BCUT2D eigenvalue weighted by Crippen LogP contribution is -2.36. The molecule has 0 saturated carbocycles. The molecule has 0 radical (unpaired) electrons. The van der Waals surface area contributed by atoms with Crippen molar-refractivity contribution in [1.82, 2.24) is 15.6 Å². The fourth-order valence-corrected chi connectivity index (χ4v) is 1.88. The molecular weight excluding hydrogens is 266 g/mol. The number of methoxy groups -OCH3 is 1. The Balaban J connectivity index is 1.70. The Labute approximate surface area is 124 Å². The maximum atomic E-state index is 11.7. The Morgan fingerprint density at radius 3 is 2.71 bits per heavy atom. The average molecular weight is 285 g/mol. The summed E-state index contributed by atoms with van der Waals surface area (Å²) in [4.78, 5) is 15.7. The van der Waals surface area contributed by atoms with E-state index in [0.29, 0.717) is 19.0 Å². The minimum atomic E-state index is -0.179.